The van der Waals surface area contributed by atoms with Crippen LogP contribution < -0.4 is 5.73 Å². The van der Waals surface area contributed by atoms with Crippen molar-refractivity contribution < 1.29 is 9.59 Å². The summed E-state index contributed by atoms with van der Waals surface area (Å²) in [6.45, 7) is 1.52. The highest BCUT2D eigenvalue weighted by Crippen LogP contribution is 2.29. The van der Waals surface area contributed by atoms with E-state index in [2.05, 4.69) is 17.1 Å². The van der Waals surface area contributed by atoms with Gasteiger partial charge in [0.25, 0.3) is 5.91 Å². The lowest BCUT2D eigenvalue weighted by Gasteiger charge is -2.21. The maximum atomic E-state index is 13.4. The summed E-state index contributed by atoms with van der Waals surface area (Å²) in [4.78, 5) is 35.5. The highest BCUT2D eigenvalue weighted by atomic mass is 35.5. The van der Waals surface area contributed by atoms with Gasteiger partial charge in [-0.05, 0) is 73.2 Å². The van der Waals surface area contributed by atoms with Gasteiger partial charge in [0.1, 0.15) is 5.82 Å². The standard InChI is InChI=1S/C28H27ClN4O2/c29-22-9-11-24-25(17-22)32-27(31-24)21(14-18-6-2-1-3-7-18)16-20-15-19(26(30)34)8-10-23(20)28(35)33-12-4-5-13-33/h1-3,6-11,15,17,21H,4-5,12-14,16H2,(H2,30,34)(H,31,32). The molecule has 3 aromatic carbocycles. The van der Waals surface area contributed by atoms with Gasteiger partial charge >= 0.3 is 0 Å². The summed E-state index contributed by atoms with van der Waals surface area (Å²) in [6, 6.07) is 20.9. The first-order chi connectivity index (χ1) is 17.0. The van der Waals surface area contributed by atoms with Crippen LogP contribution in [0, 0.1) is 0 Å². The third-order valence-electron chi connectivity index (χ3n) is 6.65. The highest BCUT2D eigenvalue weighted by molar-refractivity contribution is 6.31. The van der Waals surface area contributed by atoms with Crippen LogP contribution in [0.25, 0.3) is 11.0 Å². The van der Waals surface area contributed by atoms with Gasteiger partial charge in [-0.25, -0.2) is 4.98 Å². The van der Waals surface area contributed by atoms with Crippen molar-refractivity contribution in [2.24, 2.45) is 5.73 Å². The lowest BCUT2D eigenvalue weighted by atomic mass is 9.88. The smallest absolute Gasteiger partial charge is 0.254 e. The van der Waals surface area contributed by atoms with Gasteiger partial charge in [0.2, 0.25) is 5.91 Å². The number of halogens is 1. The number of nitrogens with zero attached hydrogens (tertiary/aromatic N) is 2. The zero-order chi connectivity index (χ0) is 24.4. The van der Waals surface area contributed by atoms with Crippen LogP contribution in [0.15, 0.2) is 66.7 Å². The fourth-order valence-electron chi connectivity index (χ4n) is 4.84. The molecule has 1 aromatic heterocycles. The van der Waals surface area contributed by atoms with Crippen molar-refractivity contribution in [1.29, 1.82) is 0 Å². The van der Waals surface area contributed by atoms with Crippen LogP contribution in [0.4, 0.5) is 0 Å². The molecule has 1 aliphatic heterocycles. The number of likely N-dealkylation sites (tertiary alicyclic amines) is 1. The molecule has 0 radical (unpaired) electrons. The van der Waals surface area contributed by atoms with Gasteiger partial charge in [-0.15, -0.1) is 0 Å². The first-order valence-electron chi connectivity index (χ1n) is 11.9. The van der Waals surface area contributed by atoms with Crippen LogP contribution in [0.2, 0.25) is 5.02 Å². The molecule has 2 heterocycles. The second kappa shape index (κ2) is 9.92. The number of nitrogens with two attached hydrogens (primary N) is 1. The largest absolute Gasteiger partial charge is 0.366 e. The number of amides is 2. The molecule has 3 N–H and O–H groups in total. The number of benzene rings is 3. The van der Waals surface area contributed by atoms with E-state index in [0.717, 1.165) is 53.9 Å². The summed E-state index contributed by atoms with van der Waals surface area (Å²) < 4.78 is 0. The van der Waals surface area contributed by atoms with Crippen molar-refractivity contribution in [3.8, 4) is 0 Å². The Labute approximate surface area is 209 Å². The Morgan fingerprint density at radius 1 is 1.00 bits per heavy atom. The van der Waals surface area contributed by atoms with Gasteiger partial charge in [-0.2, -0.15) is 0 Å². The molecule has 4 aromatic rings. The minimum absolute atomic E-state index is 0.00312. The predicted molar refractivity (Wildman–Crippen MR) is 138 cm³/mol. The molecule has 0 saturated carbocycles. The van der Waals surface area contributed by atoms with Crippen molar-refractivity contribution in [1.82, 2.24) is 14.9 Å². The summed E-state index contributed by atoms with van der Waals surface area (Å²) in [5, 5.41) is 0.628. The van der Waals surface area contributed by atoms with Crippen molar-refractivity contribution in [3.63, 3.8) is 0 Å². The van der Waals surface area contributed by atoms with Crippen LogP contribution in [0.1, 0.15) is 56.4 Å². The topological polar surface area (TPSA) is 92.1 Å². The van der Waals surface area contributed by atoms with Gasteiger partial charge in [0.05, 0.1) is 11.0 Å². The van der Waals surface area contributed by atoms with Crippen LogP contribution in [-0.4, -0.2) is 39.8 Å². The lowest BCUT2D eigenvalue weighted by Crippen LogP contribution is -2.29. The Morgan fingerprint density at radius 2 is 1.77 bits per heavy atom. The van der Waals surface area contributed by atoms with E-state index in [1.54, 1.807) is 18.2 Å². The number of aromatic amines is 1. The van der Waals surface area contributed by atoms with E-state index in [1.807, 2.05) is 41.3 Å². The Morgan fingerprint density at radius 3 is 2.51 bits per heavy atom. The van der Waals surface area contributed by atoms with Gasteiger partial charge in [0.15, 0.2) is 0 Å². The third-order valence-corrected chi connectivity index (χ3v) is 6.89. The SMILES string of the molecule is NC(=O)c1ccc(C(=O)N2CCCC2)c(CC(Cc2ccccc2)c2nc3cc(Cl)ccc3[nH]2)c1. The van der Waals surface area contributed by atoms with E-state index in [1.165, 1.54) is 0 Å². The summed E-state index contributed by atoms with van der Waals surface area (Å²) in [7, 11) is 0. The minimum atomic E-state index is -0.510. The molecule has 1 saturated heterocycles. The molecule has 1 atom stereocenters. The van der Waals surface area contributed by atoms with E-state index in [9.17, 15) is 9.59 Å². The molecule has 1 aliphatic rings. The zero-order valence-electron chi connectivity index (χ0n) is 19.3. The predicted octanol–water partition coefficient (Wildman–Crippen LogP) is 5.12. The monoisotopic (exact) mass is 486 g/mol. The molecule has 7 heteroatoms. The van der Waals surface area contributed by atoms with E-state index >= 15 is 0 Å². The van der Waals surface area contributed by atoms with E-state index < -0.39 is 5.91 Å². The van der Waals surface area contributed by atoms with Gasteiger partial charge < -0.3 is 15.6 Å². The van der Waals surface area contributed by atoms with Crippen LogP contribution in [0.3, 0.4) is 0 Å². The number of aromatic nitrogens is 2. The average molecular weight is 487 g/mol. The third kappa shape index (κ3) is 5.08. The molecule has 6 nitrogen and oxygen atoms in total. The molecule has 5 rings (SSSR count). The second-order valence-corrected chi connectivity index (χ2v) is 9.55. The van der Waals surface area contributed by atoms with Crippen LogP contribution in [-0.2, 0) is 12.8 Å². The molecular formula is C28H27ClN4O2. The number of carbonyl (C=O) groups is 2. The number of H-pyrrole nitrogens is 1. The Bertz CT molecular complexity index is 1380. The molecule has 1 fully saturated rings. The number of carbonyl (C=O) groups excluding carboxylic acids is 2. The second-order valence-electron chi connectivity index (χ2n) is 9.11. The number of rotatable bonds is 7. The molecule has 0 spiro atoms. The molecular weight excluding hydrogens is 460 g/mol. The Kier molecular flexibility index (Phi) is 6.55. The van der Waals surface area contributed by atoms with Crippen LogP contribution >= 0.6 is 11.6 Å². The Balaban J connectivity index is 1.56. The summed E-state index contributed by atoms with van der Waals surface area (Å²) in [5.74, 6) is 0.250. The van der Waals surface area contributed by atoms with Crippen molar-refractivity contribution in [2.45, 2.75) is 31.6 Å². The maximum Gasteiger partial charge on any atom is 0.254 e. The molecule has 0 bridgehead atoms. The van der Waals surface area contributed by atoms with Gasteiger partial charge in [-0.1, -0.05) is 41.9 Å². The maximum absolute atomic E-state index is 13.4. The number of nitrogens with one attached hydrogen (secondary N) is 1. The van der Waals surface area contributed by atoms with Gasteiger partial charge in [0, 0.05) is 35.2 Å². The quantitative estimate of drug-likeness (QED) is 0.379. The zero-order valence-corrected chi connectivity index (χ0v) is 20.1. The number of hydrogen-bond acceptors (Lipinski definition) is 3. The molecule has 1 unspecified atom stereocenters. The lowest BCUT2D eigenvalue weighted by molar-refractivity contribution is 0.0791. The van der Waals surface area contributed by atoms with Crippen molar-refractivity contribution >= 4 is 34.4 Å². The van der Waals surface area contributed by atoms with E-state index in [-0.39, 0.29) is 11.8 Å². The minimum Gasteiger partial charge on any atom is -0.366 e. The van der Waals surface area contributed by atoms with E-state index in [0.29, 0.717) is 29.0 Å². The summed E-state index contributed by atoms with van der Waals surface area (Å²) >= 11 is 6.19. The normalized spacial score (nSPS) is 14.4. The van der Waals surface area contributed by atoms with Gasteiger partial charge in [-0.3, -0.25) is 9.59 Å². The fraction of sp³-hybridized carbons (Fsp3) is 0.250. The van der Waals surface area contributed by atoms with Crippen molar-refractivity contribution in [2.75, 3.05) is 13.1 Å². The number of primary amides is 1. The molecule has 178 valence electrons. The molecule has 0 aliphatic carbocycles. The summed E-state index contributed by atoms with van der Waals surface area (Å²) in [6.07, 6.45) is 3.27. The first-order valence-corrected chi connectivity index (χ1v) is 12.3. The molecule has 35 heavy (non-hydrogen) atoms. The Hall–Kier alpha value is -3.64. The fourth-order valence-corrected chi connectivity index (χ4v) is 5.00. The van der Waals surface area contributed by atoms with E-state index in [4.69, 9.17) is 22.3 Å². The number of imidazole rings is 1. The first kappa shape index (κ1) is 23.1. The highest BCUT2D eigenvalue weighted by Gasteiger charge is 2.25. The summed E-state index contributed by atoms with van der Waals surface area (Å²) in [5.41, 5.74) is 10.3. The molecule has 2 amide bonds. The van der Waals surface area contributed by atoms with Crippen LogP contribution in [0.5, 0.6) is 0 Å². The average Bonchev–Trinajstić information content (AvgIpc) is 3.54. The van der Waals surface area contributed by atoms with Crippen molar-refractivity contribution in [3.05, 3.63) is 99.8 Å². The number of hydrogen-bond donors (Lipinski definition) is 2. The number of fused-ring (bicyclic) bond motifs is 1.